The molecular formula is C21H22N2O2. The van der Waals surface area contributed by atoms with Crippen LogP contribution in [0.25, 0.3) is 11.0 Å². The van der Waals surface area contributed by atoms with E-state index < -0.39 is 0 Å². The summed E-state index contributed by atoms with van der Waals surface area (Å²) in [6.07, 6.45) is 5.09. The van der Waals surface area contributed by atoms with Crippen LogP contribution in [0, 0.1) is 0 Å². The van der Waals surface area contributed by atoms with Crippen molar-refractivity contribution < 1.29 is 9.32 Å². The number of aryl methyl sites for hydroxylation is 2. The highest BCUT2D eigenvalue weighted by Crippen LogP contribution is 2.25. The first-order valence-electron chi connectivity index (χ1n) is 8.95. The van der Waals surface area contributed by atoms with E-state index in [1.807, 2.05) is 31.2 Å². The molecule has 4 nitrogen and oxygen atoms in total. The van der Waals surface area contributed by atoms with Crippen molar-refractivity contribution in [1.82, 2.24) is 10.5 Å². The van der Waals surface area contributed by atoms with E-state index in [0.29, 0.717) is 11.3 Å². The number of nitrogens with one attached hydrogen (secondary N) is 1. The molecule has 0 saturated heterocycles. The molecule has 0 saturated carbocycles. The molecule has 1 atom stereocenters. The molecule has 1 N–H and O–H groups in total. The topological polar surface area (TPSA) is 55.1 Å². The van der Waals surface area contributed by atoms with Crippen LogP contribution in [-0.2, 0) is 24.1 Å². The number of hydrogen-bond donors (Lipinski definition) is 1. The normalized spacial score (nSPS) is 14.9. The molecule has 0 fully saturated rings. The Kier molecular flexibility index (Phi) is 4.26. The van der Waals surface area contributed by atoms with Crippen LogP contribution in [0.1, 0.15) is 48.2 Å². The Morgan fingerprint density at radius 1 is 1.16 bits per heavy atom. The summed E-state index contributed by atoms with van der Waals surface area (Å²) in [5.41, 5.74) is 5.47. The van der Waals surface area contributed by atoms with E-state index in [0.717, 1.165) is 11.8 Å². The van der Waals surface area contributed by atoms with Gasteiger partial charge in [0.25, 0.3) is 0 Å². The highest BCUT2D eigenvalue weighted by molar-refractivity contribution is 5.86. The second-order valence-corrected chi connectivity index (χ2v) is 6.83. The van der Waals surface area contributed by atoms with Crippen molar-refractivity contribution in [2.45, 2.75) is 45.1 Å². The van der Waals surface area contributed by atoms with Crippen molar-refractivity contribution in [3.05, 3.63) is 64.8 Å². The van der Waals surface area contributed by atoms with E-state index in [4.69, 9.17) is 4.52 Å². The Bertz CT molecular complexity index is 913. The highest BCUT2D eigenvalue weighted by atomic mass is 16.5. The summed E-state index contributed by atoms with van der Waals surface area (Å²) in [4.78, 5) is 12.4. The zero-order chi connectivity index (χ0) is 17.2. The van der Waals surface area contributed by atoms with Crippen LogP contribution in [0.5, 0.6) is 0 Å². The fourth-order valence-corrected chi connectivity index (χ4v) is 3.62. The second-order valence-electron chi connectivity index (χ2n) is 6.83. The number of nitrogens with zero attached hydrogens (tertiary/aromatic N) is 1. The predicted molar refractivity (Wildman–Crippen MR) is 97.4 cm³/mol. The van der Waals surface area contributed by atoms with Gasteiger partial charge in [-0.15, -0.1) is 0 Å². The summed E-state index contributed by atoms with van der Waals surface area (Å²) in [6.45, 7) is 2.03. The number of para-hydroxylation sites is 1. The lowest BCUT2D eigenvalue weighted by Gasteiger charge is -2.20. The first kappa shape index (κ1) is 15.9. The smallest absolute Gasteiger partial charge is 0.226 e. The molecule has 4 rings (SSSR count). The molecule has 1 aliphatic rings. The molecule has 128 valence electrons. The Balaban J connectivity index is 1.45. The van der Waals surface area contributed by atoms with Crippen LogP contribution in [0.2, 0.25) is 0 Å². The van der Waals surface area contributed by atoms with Gasteiger partial charge in [-0.1, -0.05) is 35.5 Å². The maximum atomic E-state index is 12.4. The molecular weight excluding hydrogens is 312 g/mol. The fourth-order valence-electron chi connectivity index (χ4n) is 3.62. The molecule has 0 radical (unpaired) electrons. The van der Waals surface area contributed by atoms with Gasteiger partial charge in [0.1, 0.15) is 5.69 Å². The lowest BCUT2D eigenvalue weighted by Crippen LogP contribution is -2.28. The van der Waals surface area contributed by atoms with Gasteiger partial charge in [-0.05, 0) is 61.4 Å². The summed E-state index contributed by atoms with van der Waals surface area (Å²) in [5.74, 6) is -0.0377. The zero-order valence-electron chi connectivity index (χ0n) is 14.4. The van der Waals surface area contributed by atoms with Crippen LogP contribution >= 0.6 is 0 Å². The van der Waals surface area contributed by atoms with Crippen LogP contribution in [0.4, 0.5) is 0 Å². The van der Waals surface area contributed by atoms with Crippen molar-refractivity contribution in [2.24, 2.45) is 0 Å². The number of amides is 1. The molecule has 0 bridgehead atoms. The van der Waals surface area contributed by atoms with Gasteiger partial charge < -0.3 is 9.84 Å². The Labute approximate surface area is 147 Å². The van der Waals surface area contributed by atoms with Crippen LogP contribution in [0.3, 0.4) is 0 Å². The SMILES string of the molecule is C[C@H](NC(=O)Cc1noc2ccccc12)c1ccc2c(c1)CCCC2. The van der Waals surface area contributed by atoms with Gasteiger partial charge in [-0.2, -0.15) is 0 Å². The number of rotatable bonds is 4. The number of carbonyl (C=O) groups excluding carboxylic acids is 1. The lowest BCUT2D eigenvalue weighted by atomic mass is 9.89. The summed E-state index contributed by atoms with van der Waals surface area (Å²) in [6, 6.07) is 14.2. The monoisotopic (exact) mass is 334 g/mol. The molecule has 4 heteroatoms. The van der Waals surface area contributed by atoms with Crippen LogP contribution in [-0.4, -0.2) is 11.1 Å². The highest BCUT2D eigenvalue weighted by Gasteiger charge is 2.16. The third-order valence-corrected chi connectivity index (χ3v) is 5.03. The lowest BCUT2D eigenvalue weighted by molar-refractivity contribution is -0.121. The van der Waals surface area contributed by atoms with Crippen LogP contribution < -0.4 is 5.32 Å². The van der Waals surface area contributed by atoms with Crippen molar-refractivity contribution in [1.29, 1.82) is 0 Å². The third kappa shape index (κ3) is 3.29. The molecule has 1 aromatic heterocycles. The van der Waals surface area contributed by atoms with E-state index in [1.165, 1.54) is 36.0 Å². The first-order chi connectivity index (χ1) is 12.2. The maximum absolute atomic E-state index is 12.4. The molecule has 0 unspecified atom stereocenters. The quantitative estimate of drug-likeness (QED) is 0.780. The van der Waals surface area contributed by atoms with Crippen molar-refractivity contribution in [3.8, 4) is 0 Å². The number of hydrogen-bond acceptors (Lipinski definition) is 3. The van der Waals surface area contributed by atoms with Gasteiger partial charge in [-0.3, -0.25) is 4.79 Å². The molecule has 1 aliphatic carbocycles. The van der Waals surface area contributed by atoms with E-state index in [9.17, 15) is 4.79 Å². The van der Waals surface area contributed by atoms with Crippen molar-refractivity contribution >= 4 is 16.9 Å². The van der Waals surface area contributed by atoms with Crippen molar-refractivity contribution in [3.63, 3.8) is 0 Å². The average molecular weight is 334 g/mol. The zero-order valence-corrected chi connectivity index (χ0v) is 14.4. The van der Waals surface area contributed by atoms with E-state index in [-0.39, 0.29) is 18.4 Å². The minimum Gasteiger partial charge on any atom is -0.356 e. The molecule has 1 heterocycles. The van der Waals surface area contributed by atoms with E-state index >= 15 is 0 Å². The summed E-state index contributed by atoms with van der Waals surface area (Å²) >= 11 is 0. The van der Waals surface area contributed by atoms with Crippen LogP contribution in [0.15, 0.2) is 47.0 Å². The minimum absolute atomic E-state index is 0.0158. The molecule has 3 aromatic rings. The summed E-state index contributed by atoms with van der Waals surface area (Å²) in [7, 11) is 0. The van der Waals surface area contributed by atoms with Gasteiger partial charge in [0, 0.05) is 5.39 Å². The fraction of sp³-hybridized carbons (Fsp3) is 0.333. The molecule has 25 heavy (non-hydrogen) atoms. The predicted octanol–water partition coefficient (Wildman–Crippen LogP) is 4.13. The molecule has 1 amide bonds. The van der Waals surface area contributed by atoms with Crippen molar-refractivity contribution in [2.75, 3.05) is 0 Å². The number of carbonyl (C=O) groups is 1. The maximum Gasteiger partial charge on any atom is 0.226 e. The second kappa shape index (κ2) is 6.71. The van der Waals surface area contributed by atoms with Gasteiger partial charge in [0.05, 0.1) is 12.5 Å². The largest absolute Gasteiger partial charge is 0.356 e. The standard InChI is InChI=1S/C21H22N2O2/c1-14(16-11-10-15-6-2-3-7-17(15)12-16)22-21(24)13-19-18-8-4-5-9-20(18)25-23-19/h4-5,8-12,14H,2-3,6-7,13H2,1H3,(H,22,24)/t14-/m0/s1. The minimum atomic E-state index is -0.0377. The Morgan fingerprint density at radius 3 is 2.84 bits per heavy atom. The molecule has 0 aliphatic heterocycles. The number of aromatic nitrogens is 1. The summed E-state index contributed by atoms with van der Waals surface area (Å²) in [5, 5.41) is 8.02. The average Bonchev–Trinajstić information content (AvgIpc) is 3.04. The first-order valence-corrected chi connectivity index (χ1v) is 8.95. The van der Waals surface area contributed by atoms with Gasteiger partial charge >= 0.3 is 0 Å². The molecule has 0 spiro atoms. The van der Waals surface area contributed by atoms with Gasteiger partial charge in [0.2, 0.25) is 5.91 Å². The van der Waals surface area contributed by atoms with E-state index in [1.54, 1.807) is 0 Å². The van der Waals surface area contributed by atoms with Gasteiger partial charge in [-0.25, -0.2) is 0 Å². The third-order valence-electron chi connectivity index (χ3n) is 5.03. The summed E-state index contributed by atoms with van der Waals surface area (Å²) < 4.78 is 5.27. The number of benzene rings is 2. The Morgan fingerprint density at radius 2 is 1.96 bits per heavy atom. The Hall–Kier alpha value is -2.62. The van der Waals surface area contributed by atoms with Gasteiger partial charge in [0.15, 0.2) is 5.58 Å². The molecule has 2 aromatic carbocycles. The van der Waals surface area contributed by atoms with E-state index in [2.05, 4.69) is 28.7 Å². The number of fused-ring (bicyclic) bond motifs is 2.